The Hall–Kier alpha value is -2.81. The number of aliphatic imine (C=N–C) groups is 2. The molecule has 0 saturated heterocycles. The van der Waals surface area contributed by atoms with E-state index in [2.05, 4.69) is 68.0 Å². The van der Waals surface area contributed by atoms with Crippen molar-refractivity contribution in [3.8, 4) is 11.8 Å². The lowest BCUT2D eigenvalue weighted by Crippen LogP contribution is -2.56. The van der Waals surface area contributed by atoms with Crippen LogP contribution in [0.4, 0.5) is 0 Å². The standard InChI is InChI=1S/C22H21N4S/c1-16-13-20(27-19(16)9-8-17-7-5-6-10-24-17)18-15-26(22(2,3)4)12-11-23-14-21(26)25-18/h5-7,10-15H,1-4H3/q+1. The number of quaternary nitrogens is 1. The molecular weight excluding hydrogens is 352 g/mol. The Balaban J connectivity index is 1.72. The maximum absolute atomic E-state index is 4.89. The monoisotopic (exact) mass is 373 g/mol. The van der Waals surface area contributed by atoms with Crippen LogP contribution in [-0.4, -0.2) is 27.1 Å². The van der Waals surface area contributed by atoms with Gasteiger partial charge in [0, 0.05) is 6.20 Å². The highest BCUT2D eigenvalue weighted by molar-refractivity contribution is 7.13. The summed E-state index contributed by atoms with van der Waals surface area (Å²) >= 11 is 1.68. The van der Waals surface area contributed by atoms with E-state index in [0.717, 1.165) is 32.5 Å². The van der Waals surface area contributed by atoms with Crippen LogP contribution in [0.25, 0.3) is 5.70 Å². The van der Waals surface area contributed by atoms with E-state index < -0.39 is 0 Å². The van der Waals surface area contributed by atoms with Crippen molar-refractivity contribution in [1.29, 1.82) is 0 Å². The molecule has 134 valence electrons. The highest BCUT2D eigenvalue weighted by Crippen LogP contribution is 2.39. The molecule has 1 unspecified atom stereocenters. The van der Waals surface area contributed by atoms with Crippen molar-refractivity contribution in [2.24, 2.45) is 9.98 Å². The molecule has 2 aliphatic heterocycles. The molecule has 4 rings (SSSR count). The molecule has 0 saturated carbocycles. The summed E-state index contributed by atoms with van der Waals surface area (Å²) in [5, 5.41) is 0. The Kier molecular flexibility index (Phi) is 4.18. The molecule has 0 spiro atoms. The molecule has 2 aliphatic rings. The fourth-order valence-corrected chi connectivity index (χ4v) is 4.14. The topological polar surface area (TPSA) is 37.6 Å². The average Bonchev–Trinajstić information content (AvgIpc) is 3.22. The van der Waals surface area contributed by atoms with Crippen LogP contribution < -0.4 is 0 Å². The molecular formula is C22H21N4S+. The first kappa shape index (κ1) is 17.6. The van der Waals surface area contributed by atoms with Crippen LogP contribution in [0.15, 0.2) is 59.0 Å². The van der Waals surface area contributed by atoms with Crippen LogP contribution >= 0.6 is 11.3 Å². The summed E-state index contributed by atoms with van der Waals surface area (Å²) in [4.78, 5) is 15.6. The average molecular weight is 374 g/mol. The SMILES string of the molecule is Cc1cc(C2=C[N+]3(C(C)(C)C)C=CN=CC3=N2)sc1C#Cc1ccccn1. The molecule has 2 aromatic rings. The number of fused-ring (bicyclic) bond motifs is 1. The molecule has 4 heterocycles. The minimum atomic E-state index is -0.0442. The van der Waals surface area contributed by atoms with Crippen LogP contribution in [0, 0.1) is 18.8 Å². The van der Waals surface area contributed by atoms with Gasteiger partial charge < -0.3 is 0 Å². The maximum Gasteiger partial charge on any atom is 0.256 e. The van der Waals surface area contributed by atoms with Gasteiger partial charge in [-0.3, -0.25) is 4.99 Å². The lowest BCUT2D eigenvalue weighted by molar-refractivity contribution is -0.783. The highest BCUT2D eigenvalue weighted by Gasteiger charge is 2.47. The largest absolute Gasteiger partial charge is 0.256 e. The number of rotatable bonds is 1. The molecule has 0 bridgehead atoms. The van der Waals surface area contributed by atoms with E-state index in [1.807, 2.05) is 30.6 Å². The fraction of sp³-hybridized carbons (Fsp3) is 0.227. The van der Waals surface area contributed by atoms with Gasteiger partial charge >= 0.3 is 0 Å². The number of nitrogens with zero attached hydrogens (tertiary/aromatic N) is 4. The third kappa shape index (κ3) is 3.08. The minimum Gasteiger partial charge on any atom is -0.251 e. The van der Waals surface area contributed by atoms with E-state index in [4.69, 9.17) is 4.99 Å². The Bertz CT molecular complexity index is 1070. The summed E-state index contributed by atoms with van der Waals surface area (Å²) in [5.74, 6) is 7.36. The molecule has 1 atom stereocenters. The predicted molar refractivity (Wildman–Crippen MR) is 112 cm³/mol. The number of amidine groups is 1. The number of aryl methyl sites for hydroxylation is 1. The van der Waals surface area contributed by atoms with Gasteiger partial charge in [-0.1, -0.05) is 6.07 Å². The summed E-state index contributed by atoms with van der Waals surface area (Å²) in [6.45, 7) is 8.74. The van der Waals surface area contributed by atoms with Crippen LogP contribution in [0.5, 0.6) is 0 Å². The van der Waals surface area contributed by atoms with Crippen molar-refractivity contribution in [2.45, 2.75) is 33.2 Å². The second-order valence-corrected chi connectivity index (χ2v) is 8.65. The lowest BCUT2D eigenvalue weighted by Gasteiger charge is -2.39. The van der Waals surface area contributed by atoms with Gasteiger partial charge in [0.25, 0.3) is 5.84 Å². The van der Waals surface area contributed by atoms with E-state index in [-0.39, 0.29) is 5.54 Å². The smallest absolute Gasteiger partial charge is 0.251 e. The molecule has 0 aromatic carbocycles. The maximum atomic E-state index is 4.89. The number of hydrogen-bond donors (Lipinski definition) is 0. The van der Waals surface area contributed by atoms with Gasteiger partial charge in [0.2, 0.25) is 0 Å². The first-order valence-electron chi connectivity index (χ1n) is 8.84. The Morgan fingerprint density at radius 1 is 1.15 bits per heavy atom. The van der Waals surface area contributed by atoms with Gasteiger partial charge in [0.1, 0.15) is 35.5 Å². The second-order valence-electron chi connectivity index (χ2n) is 7.60. The molecule has 0 fully saturated rings. The van der Waals surface area contributed by atoms with Gasteiger partial charge in [0.15, 0.2) is 0 Å². The number of thiophene rings is 1. The van der Waals surface area contributed by atoms with Crippen LogP contribution in [0.2, 0.25) is 0 Å². The molecule has 0 amide bonds. The van der Waals surface area contributed by atoms with Crippen LogP contribution in [-0.2, 0) is 0 Å². The summed E-state index contributed by atoms with van der Waals surface area (Å²) in [6.07, 6.45) is 9.80. The van der Waals surface area contributed by atoms with E-state index in [1.54, 1.807) is 17.5 Å². The van der Waals surface area contributed by atoms with Crippen molar-refractivity contribution in [1.82, 2.24) is 4.98 Å². The third-order valence-electron chi connectivity index (χ3n) is 4.77. The Morgan fingerprint density at radius 2 is 2.00 bits per heavy atom. The molecule has 0 aliphatic carbocycles. The number of hydrogen-bond acceptors (Lipinski definition) is 4. The predicted octanol–water partition coefficient (Wildman–Crippen LogP) is 4.73. The van der Waals surface area contributed by atoms with Crippen LogP contribution in [0.3, 0.4) is 0 Å². The summed E-state index contributed by atoms with van der Waals surface area (Å²) in [7, 11) is 0. The molecule has 4 nitrogen and oxygen atoms in total. The molecule has 0 N–H and O–H groups in total. The second kappa shape index (κ2) is 6.41. The van der Waals surface area contributed by atoms with E-state index >= 15 is 0 Å². The fourth-order valence-electron chi connectivity index (χ4n) is 3.16. The summed E-state index contributed by atoms with van der Waals surface area (Å²) in [6, 6.07) is 7.93. The van der Waals surface area contributed by atoms with Gasteiger partial charge in [-0.25, -0.2) is 9.47 Å². The molecule has 27 heavy (non-hydrogen) atoms. The Labute approximate surface area is 163 Å². The van der Waals surface area contributed by atoms with Gasteiger partial charge in [-0.05, 0) is 63.3 Å². The lowest BCUT2D eigenvalue weighted by atomic mass is 10.0. The quantitative estimate of drug-likeness (QED) is 0.526. The normalized spacial score (nSPS) is 20.6. The Morgan fingerprint density at radius 3 is 2.70 bits per heavy atom. The van der Waals surface area contributed by atoms with Crippen molar-refractivity contribution in [2.75, 3.05) is 0 Å². The summed E-state index contributed by atoms with van der Waals surface area (Å²) < 4.78 is 0.581. The number of pyridine rings is 1. The van der Waals surface area contributed by atoms with Gasteiger partial charge in [0.05, 0.1) is 16.0 Å². The van der Waals surface area contributed by atoms with Crippen LogP contribution in [0.1, 0.15) is 41.8 Å². The summed E-state index contributed by atoms with van der Waals surface area (Å²) in [5.41, 5.74) is 2.88. The highest BCUT2D eigenvalue weighted by atomic mass is 32.1. The molecule has 5 heteroatoms. The van der Waals surface area contributed by atoms with Crippen molar-refractivity contribution in [3.63, 3.8) is 0 Å². The molecule has 2 aromatic heterocycles. The zero-order chi connectivity index (χ0) is 19.1. The first-order valence-corrected chi connectivity index (χ1v) is 9.66. The van der Waals surface area contributed by atoms with E-state index in [1.165, 1.54) is 0 Å². The zero-order valence-corrected chi connectivity index (χ0v) is 16.7. The zero-order valence-electron chi connectivity index (χ0n) is 15.9. The van der Waals surface area contributed by atoms with Crippen molar-refractivity contribution in [3.05, 3.63) is 70.1 Å². The van der Waals surface area contributed by atoms with Gasteiger partial charge in [-0.15, -0.1) is 11.3 Å². The van der Waals surface area contributed by atoms with Gasteiger partial charge in [-0.2, -0.15) is 4.99 Å². The third-order valence-corrected chi connectivity index (χ3v) is 5.94. The van der Waals surface area contributed by atoms with Crippen molar-refractivity contribution < 1.29 is 4.48 Å². The minimum absolute atomic E-state index is 0.0442. The van der Waals surface area contributed by atoms with E-state index in [0.29, 0.717) is 4.48 Å². The number of aromatic nitrogens is 1. The van der Waals surface area contributed by atoms with Crippen molar-refractivity contribution >= 4 is 29.1 Å². The molecule has 0 radical (unpaired) electrons. The first-order chi connectivity index (χ1) is 12.9. The van der Waals surface area contributed by atoms with E-state index in [9.17, 15) is 0 Å².